The van der Waals surface area contributed by atoms with E-state index in [1.807, 2.05) is 0 Å². The molecule has 0 heterocycles. The van der Waals surface area contributed by atoms with Crippen LogP contribution in [0.3, 0.4) is 0 Å². The molecule has 0 saturated carbocycles. The first-order valence-electron chi connectivity index (χ1n) is 35.0. The third kappa shape index (κ3) is 68.5. The first-order valence-corrected chi connectivity index (χ1v) is 35.0. The Morgan fingerprint density at radius 3 is 0.735 bits per heavy atom. The molecule has 0 aromatic rings. The molecule has 1 atom stereocenters. The predicted molar refractivity (Wildman–Crippen MR) is 362 cm³/mol. The van der Waals surface area contributed by atoms with Crippen molar-refractivity contribution in [3.8, 4) is 0 Å². The fourth-order valence-electron chi connectivity index (χ4n) is 9.79. The van der Waals surface area contributed by atoms with Gasteiger partial charge >= 0.3 is 17.9 Å². The lowest BCUT2D eigenvalue weighted by Crippen LogP contribution is -2.30. The molecule has 0 saturated heterocycles. The third-order valence-corrected chi connectivity index (χ3v) is 15.0. The van der Waals surface area contributed by atoms with E-state index in [9.17, 15) is 14.4 Å². The molecule has 0 aliphatic rings. The smallest absolute Gasteiger partial charge is 0.306 e. The predicted octanol–water partition coefficient (Wildman–Crippen LogP) is 24.3. The molecule has 0 spiro atoms. The van der Waals surface area contributed by atoms with E-state index >= 15 is 0 Å². The van der Waals surface area contributed by atoms with Gasteiger partial charge in [0.2, 0.25) is 0 Å². The summed E-state index contributed by atoms with van der Waals surface area (Å²) < 4.78 is 17.0. The standard InChI is InChI=1S/C77H130O6/c1-4-7-10-13-16-19-22-24-26-28-30-32-34-36-38-40-42-44-46-48-50-52-55-58-61-64-67-70-76(79)82-73-74(72-81-75(78)69-66-63-60-57-54-21-18-15-12-9-6-3)83-77(80)71-68-65-62-59-56-53-51-49-47-45-43-41-39-37-35-33-31-29-27-25-23-20-17-14-11-8-5-2/h7-8,10-11,16-17,19-20,24-27,30-33,36-39,74H,4-6,9,12-15,18,21-23,28-29,34-35,40-73H2,1-3H3/b10-7-,11-8-,19-16-,20-17-,26-24-,27-25-,32-30-,33-31-,38-36-,39-37-. The number of ether oxygens (including phenoxy) is 3. The molecule has 0 aliphatic carbocycles. The largest absolute Gasteiger partial charge is 0.462 e. The molecular weight excluding hydrogens is 1020 g/mol. The van der Waals surface area contributed by atoms with Crippen LogP contribution in [-0.4, -0.2) is 37.2 Å². The number of esters is 3. The van der Waals surface area contributed by atoms with Crippen LogP contribution >= 0.6 is 0 Å². The molecule has 0 aromatic heterocycles. The number of carbonyl (C=O) groups is 3. The molecule has 1 unspecified atom stereocenters. The summed E-state index contributed by atoms with van der Waals surface area (Å²) in [5, 5.41) is 0. The van der Waals surface area contributed by atoms with Crippen LogP contribution < -0.4 is 0 Å². The van der Waals surface area contributed by atoms with Crippen molar-refractivity contribution < 1.29 is 28.6 Å². The number of unbranched alkanes of at least 4 members (excludes halogenated alkanes) is 32. The van der Waals surface area contributed by atoms with E-state index in [4.69, 9.17) is 14.2 Å². The van der Waals surface area contributed by atoms with Gasteiger partial charge in [-0.2, -0.15) is 0 Å². The normalized spacial score (nSPS) is 12.9. The summed E-state index contributed by atoms with van der Waals surface area (Å²) >= 11 is 0. The number of rotatable bonds is 63. The van der Waals surface area contributed by atoms with Crippen LogP contribution in [0.5, 0.6) is 0 Å². The molecule has 0 N–H and O–H groups in total. The van der Waals surface area contributed by atoms with Crippen LogP contribution in [-0.2, 0) is 28.6 Å². The topological polar surface area (TPSA) is 78.9 Å². The van der Waals surface area contributed by atoms with E-state index in [-0.39, 0.29) is 31.1 Å². The molecule has 6 heteroatoms. The molecular formula is C77H130O6. The van der Waals surface area contributed by atoms with Crippen molar-refractivity contribution in [3.05, 3.63) is 122 Å². The highest BCUT2D eigenvalue weighted by Gasteiger charge is 2.19. The van der Waals surface area contributed by atoms with E-state index < -0.39 is 6.10 Å². The lowest BCUT2D eigenvalue weighted by atomic mass is 10.0. The molecule has 0 fully saturated rings. The molecule has 0 bridgehead atoms. The van der Waals surface area contributed by atoms with Gasteiger partial charge < -0.3 is 14.2 Å². The van der Waals surface area contributed by atoms with Crippen molar-refractivity contribution in [2.24, 2.45) is 0 Å². The second-order valence-electron chi connectivity index (χ2n) is 23.0. The van der Waals surface area contributed by atoms with Gasteiger partial charge in [-0.3, -0.25) is 14.4 Å². The van der Waals surface area contributed by atoms with Crippen molar-refractivity contribution in [1.29, 1.82) is 0 Å². The minimum absolute atomic E-state index is 0.0781. The van der Waals surface area contributed by atoms with Gasteiger partial charge in [0.05, 0.1) is 0 Å². The fraction of sp³-hybridized carbons (Fsp3) is 0.701. The highest BCUT2D eigenvalue weighted by atomic mass is 16.6. The molecule has 474 valence electrons. The molecule has 0 aromatic carbocycles. The quantitative estimate of drug-likeness (QED) is 0.0261. The molecule has 6 nitrogen and oxygen atoms in total. The Kier molecular flexibility index (Phi) is 66.7. The second kappa shape index (κ2) is 70.3. The van der Waals surface area contributed by atoms with Gasteiger partial charge in [0, 0.05) is 19.3 Å². The summed E-state index contributed by atoms with van der Waals surface area (Å²) in [4.78, 5) is 38.4. The van der Waals surface area contributed by atoms with Crippen molar-refractivity contribution >= 4 is 17.9 Å². The average Bonchev–Trinajstić information content (AvgIpc) is 3.48. The van der Waals surface area contributed by atoms with Gasteiger partial charge in [-0.15, -0.1) is 0 Å². The zero-order valence-corrected chi connectivity index (χ0v) is 54.4. The van der Waals surface area contributed by atoms with Crippen LogP contribution in [0.4, 0.5) is 0 Å². The van der Waals surface area contributed by atoms with Gasteiger partial charge in [0.15, 0.2) is 6.10 Å². The van der Waals surface area contributed by atoms with E-state index in [1.165, 1.54) is 167 Å². The minimum atomic E-state index is -0.783. The number of carbonyl (C=O) groups excluding carboxylic acids is 3. The molecule has 0 amide bonds. The second-order valence-corrected chi connectivity index (χ2v) is 23.0. The molecule has 0 radical (unpaired) electrons. The van der Waals surface area contributed by atoms with Gasteiger partial charge in [-0.1, -0.05) is 322 Å². The summed E-state index contributed by atoms with van der Waals surface area (Å²) in [6.07, 6.45) is 97.9. The van der Waals surface area contributed by atoms with E-state index in [0.29, 0.717) is 19.3 Å². The third-order valence-electron chi connectivity index (χ3n) is 15.0. The Balaban J connectivity index is 4.25. The van der Waals surface area contributed by atoms with Crippen LogP contribution in [0.25, 0.3) is 0 Å². The van der Waals surface area contributed by atoms with Crippen molar-refractivity contribution in [3.63, 3.8) is 0 Å². The van der Waals surface area contributed by atoms with Crippen LogP contribution in [0.1, 0.15) is 329 Å². The zero-order valence-electron chi connectivity index (χ0n) is 54.4. The summed E-state index contributed by atoms with van der Waals surface area (Å²) in [6.45, 7) is 6.43. The lowest BCUT2D eigenvalue weighted by molar-refractivity contribution is -0.167. The molecule has 0 rings (SSSR count). The number of hydrogen-bond acceptors (Lipinski definition) is 6. The van der Waals surface area contributed by atoms with Gasteiger partial charge in [-0.25, -0.2) is 0 Å². The maximum absolute atomic E-state index is 13.0. The van der Waals surface area contributed by atoms with Gasteiger partial charge in [-0.05, 0) is 109 Å². The van der Waals surface area contributed by atoms with Gasteiger partial charge in [0.1, 0.15) is 13.2 Å². The Morgan fingerprint density at radius 2 is 0.470 bits per heavy atom. The first kappa shape index (κ1) is 78.8. The van der Waals surface area contributed by atoms with Crippen LogP contribution in [0, 0.1) is 0 Å². The van der Waals surface area contributed by atoms with Crippen LogP contribution in [0.15, 0.2) is 122 Å². The fourth-order valence-corrected chi connectivity index (χ4v) is 9.79. The van der Waals surface area contributed by atoms with E-state index in [1.54, 1.807) is 0 Å². The van der Waals surface area contributed by atoms with Crippen molar-refractivity contribution in [2.45, 2.75) is 335 Å². The SMILES string of the molecule is CC/C=C\C/C=C\C/C=C\C/C=C\C/C=C\CCCCCCCCCCCCCC(=O)OCC(COC(=O)CCCCCCCCCCCCC)OC(=O)CCCCCCCCCCCCC/C=C\C/C=C\C/C=C\C/C=C\C/C=C\CC. The van der Waals surface area contributed by atoms with Crippen molar-refractivity contribution in [1.82, 2.24) is 0 Å². The summed E-state index contributed by atoms with van der Waals surface area (Å²) in [5.74, 6) is -0.874. The zero-order chi connectivity index (χ0) is 59.9. The number of allylic oxidation sites excluding steroid dienone is 20. The van der Waals surface area contributed by atoms with Gasteiger partial charge in [0.25, 0.3) is 0 Å². The highest BCUT2D eigenvalue weighted by molar-refractivity contribution is 5.71. The summed E-state index contributed by atoms with van der Waals surface area (Å²) in [6, 6.07) is 0. The minimum Gasteiger partial charge on any atom is -0.462 e. The highest BCUT2D eigenvalue weighted by Crippen LogP contribution is 2.17. The Hall–Kier alpha value is -4.19. The Labute approximate surface area is 513 Å². The average molecular weight is 1150 g/mol. The van der Waals surface area contributed by atoms with Crippen LogP contribution in [0.2, 0.25) is 0 Å². The maximum atomic E-state index is 13.0. The maximum Gasteiger partial charge on any atom is 0.306 e. The van der Waals surface area contributed by atoms with E-state index in [0.717, 1.165) is 122 Å². The molecule has 0 aliphatic heterocycles. The Bertz CT molecular complexity index is 1700. The first-order chi connectivity index (χ1) is 41.0. The molecule has 83 heavy (non-hydrogen) atoms. The monoisotopic (exact) mass is 1150 g/mol. The summed E-state index contributed by atoms with van der Waals surface area (Å²) in [5.41, 5.74) is 0. The summed E-state index contributed by atoms with van der Waals surface area (Å²) in [7, 11) is 0. The number of hydrogen-bond donors (Lipinski definition) is 0. The van der Waals surface area contributed by atoms with Crippen molar-refractivity contribution in [2.75, 3.05) is 13.2 Å². The Morgan fingerprint density at radius 1 is 0.253 bits per heavy atom. The van der Waals surface area contributed by atoms with E-state index in [2.05, 4.69) is 142 Å². The lowest BCUT2D eigenvalue weighted by Gasteiger charge is -2.18.